The summed E-state index contributed by atoms with van der Waals surface area (Å²) in [6.45, 7) is 7.69. The van der Waals surface area contributed by atoms with E-state index in [0.717, 1.165) is 52.4 Å². The van der Waals surface area contributed by atoms with Crippen LogP contribution in [0.3, 0.4) is 0 Å². The van der Waals surface area contributed by atoms with Gasteiger partial charge in [-0.25, -0.2) is 13.2 Å². The van der Waals surface area contributed by atoms with Gasteiger partial charge in [0.25, 0.3) is 0 Å². The topological polar surface area (TPSA) is 272 Å². The molecule has 0 aromatic rings. The van der Waals surface area contributed by atoms with Crippen molar-refractivity contribution >= 4 is 34.0 Å². The number of aliphatic carboxylic acids is 2. The molecule has 0 saturated carbocycles. The summed E-state index contributed by atoms with van der Waals surface area (Å²) < 4.78 is 58.9. The second kappa shape index (κ2) is 40.2. The van der Waals surface area contributed by atoms with Crippen LogP contribution in [0.15, 0.2) is 0 Å². The zero-order chi connectivity index (χ0) is 35.2. The van der Waals surface area contributed by atoms with E-state index in [1.54, 1.807) is 0 Å². The fraction of sp³-hybridized carbons (Fsp3) is 0.800. The van der Waals surface area contributed by atoms with E-state index in [9.17, 15) is 18.0 Å². The molecule has 2 radical (unpaired) electrons. The number of halogens is 3. The maximum atomic E-state index is 10.7. The molecule has 0 saturated heterocycles. The molecule has 0 aliphatic rings. The van der Waals surface area contributed by atoms with Crippen molar-refractivity contribution < 1.29 is 89.1 Å². The number of carbonyl (C=O) groups is 4. The predicted molar refractivity (Wildman–Crippen MR) is 142 cm³/mol. The largest absolute Gasteiger partial charge is 2.00 e. The van der Waals surface area contributed by atoms with E-state index in [1.165, 1.54) is 0 Å². The molecule has 0 rings (SSSR count). The number of alkyl halides is 3. The molecule has 0 bridgehead atoms. The molecule has 5 N–H and O–H groups in total. The number of hydrogen-bond donors (Lipinski definition) is 3. The van der Waals surface area contributed by atoms with E-state index < -0.39 is 39.5 Å². The molecule has 0 unspecified atom stereocenters. The number of carboxylic acids is 2. The summed E-state index contributed by atoms with van der Waals surface area (Å²) in [5.74, 6) is -2.72. The van der Waals surface area contributed by atoms with Gasteiger partial charge in [0.2, 0.25) is 5.91 Å². The van der Waals surface area contributed by atoms with Crippen molar-refractivity contribution in [1.29, 1.82) is 0 Å². The normalized spacial score (nSPS) is 9.30. The number of amides is 3. The smallest absolute Gasteiger partial charge is 0.759 e. The number of urea groups is 1. The number of rotatable bonds is 6. The molecule has 23 heteroatoms. The summed E-state index contributed by atoms with van der Waals surface area (Å²) in [5, 5.41) is 26.8. The zero-order valence-electron chi connectivity index (χ0n) is 26.1. The SMILES string of the molecule is CC(=O)N[O-].CC(=O)[O-].CC(=O)[O-].CN(C)CCN(C)C.CN(C)CCN(C)C.NC(N)=O.O=S(=O)([O-])C(F)(F)F.[Co+2].[Co+2]. The predicted octanol–water partition coefficient (Wildman–Crippen LogP) is -3.58. The van der Waals surface area contributed by atoms with E-state index >= 15 is 0 Å². The quantitative estimate of drug-likeness (QED) is 0.135. The molecule has 0 aromatic carbocycles. The van der Waals surface area contributed by atoms with E-state index in [2.05, 4.69) is 87.4 Å². The van der Waals surface area contributed by atoms with Crippen LogP contribution in [-0.2, 0) is 58.1 Å². The van der Waals surface area contributed by atoms with Crippen LogP contribution in [0.4, 0.5) is 18.0 Å². The second-order valence-corrected chi connectivity index (χ2v) is 9.53. The van der Waals surface area contributed by atoms with Gasteiger partial charge in [-0.1, -0.05) is 0 Å². The Kier molecular flexibility index (Phi) is 60.0. The molecular weight excluding hydrogens is 705 g/mol. The third kappa shape index (κ3) is 159. The van der Waals surface area contributed by atoms with E-state index in [0.29, 0.717) is 0 Å². The van der Waals surface area contributed by atoms with E-state index in [4.69, 9.17) is 42.8 Å². The Balaban J connectivity index is -0.0000000455. The standard InChI is InChI=1S/2C6H16N2.C2H4NO2.2C2H4O2.CHF3O3S.CH4N2O.2Co/c2*1-7(2)5-6-8(3)4;1-2(4)3-5;2*1-2(3)4;2-1(3,4)8(5,6)7;2-1(3)4;;/h2*5-6H2,1-4H3;1H3,(H-,3,4,5);2*1H3,(H,3,4);(H,5,6,7);(H4,2,3,4);;/q;;-1;;;;;2*+2/p-3. The van der Waals surface area contributed by atoms with Crippen molar-refractivity contribution in [2.24, 2.45) is 11.5 Å². The van der Waals surface area contributed by atoms with Gasteiger partial charge < -0.3 is 66.1 Å². The van der Waals surface area contributed by atoms with Crippen LogP contribution in [0, 0.1) is 5.21 Å². The summed E-state index contributed by atoms with van der Waals surface area (Å²) in [5.41, 5.74) is 3.99. The van der Waals surface area contributed by atoms with Gasteiger partial charge in [-0.2, -0.15) is 13.2 Å². The third-order valence-electron chi connectivity index (χ3n) is 2.42. The molecule has 0 fully saturated rings. The van der Waals surface area contributed by atoms with Crippen LogP contribution < -0.4 is 27.2 Å². The molecule has 0 atom stereocenters. The second-order valence-electron chi connectivity index (χ2n) is 8.16. The van der Waals surface area contributed by atoms with Crippen molar-refractivity contribution in [2.75, 3.05) is 82.6 Å². The molecule has 266 valence electrons. The third-order valence-corrected chi connectivity index (χ3v) is 2.98. The number of nitrogens with two attached hydrogens (primary N) is 2. The molecule has 0 spiro atoms. The molecule has 0 heterocycles. The maximum absolute atomic E-state index is 10.7. The van der Waals surface area contributed by atoms with Crippen LogP contribution in [0.5, 0.6) is 0 Å². The van der Waals surface area contributed by atoms with Gasteiger partial charge in [0, 0.05) is 45.0 Å². The number of nitrogens with zero attached hydrogens (tertiary/aromatic N) is 4. The number of hydroxylamine groups is 1. The summed E-state index contributed by atoms with van der Waals surface area (Å²) >= 11 is 0. The van der Waals surface area contributed by atoms with Gasteiger partial charge in [-0.05, 0) is 70.2 Å². The van der Waals surface area contributed by atoms with Crippen LogP contribution in [-0.4, -0.2) is 145 Å². The first-order chi connectivity index (χ1) is 18.0. The van der Waals surface area contributed by atoms with Crippen LogP contribution >= 0.6 is 0 Å². The monoisotopic (exact) mass is 751 g/mol. The van der Waals surface area contributed by atoms with Gasteiger partial charge in [0.05, 0.1) is 0 Å². The molecule has 0 aliphatic carbocycles. The Morgan fingerprint density at radius 2 is 0.767 bits per heavy atom. The van der Waals surface area contributed by atoms with Gasteiger partial charge in [0.1, 0.15) is 0 Å². The Morgan fingerprint density at radius 3 is 0.791 bits per heavy atom. The molecule has 17 nitrogen and oxygen atoms in total. The molecule has 0 aromatic heterocycles. The summed E-state index contributed by atoms with van der Waals surface area (Å²) in [4.78, 5) is 44.9. The first-order valence-corrected chi connectivity index (χ1v) is 12.3. The van der Waals surface area contributed by atoms with Crippen LogP contribution in [0.1, 0.15) is 20.8 Å². The van der Waals surface area contributed by atoms with Crippen molar-refractivity contribution in [3.05, 3.63) is 5.21 Å². The minimum Gasteiger partial charge on any atom is -0.759 e. The van der Waals surface area contributed by atoms with Gasteiger partial charge in [-0.3, -0.25) is 4.79 Å². The summed E-state index contributed by atoms with van der Waals surface area (Å²) in [6, 6.07) is -0.833. The molecule has 43 heavy (non-hydrogen) atoms. The Morgan fingerprint density at radius 1 is 0.674 bits per heavy atom. The van der Waals surface area contributed by atoms with Gasteiger partial charge in [-0.15, -0.1) is 0 Å². The zero-order valence-corrected chi connectivity index (χ0v) is 29.0. The van der Waals surface area contributed by atoms with Crippen LogP contribution in [0.25, 0.3) is 0 Å². The fourth-order valence-electron chi connectivity index (χ4n) is 0.800. The number of likely N-dealkylation sites (N-methyl/N-ethyl adjacent to an activating group) is 4. The van der Waals surface area contributed by atoms with Crippen molar-refractivity contribution in [2.45, 2.75) is 26.3 Å². The van der Waals surface area contributed by atoms with Crippen molar-refractivity contribution in [1.82, 2.24) is 25.1 Å². The van der Waals surface area contributed by atoms with Crippen LogP contribution in [0.2, 0.25) is 0 Å². The average molecular weight is 752 g/mol. The minimum absolute atomic E-state index is 0. The number of carbonyl (C=O) groups excluding carboxylic acids is 4. The fourth-order valence-corrected chi connectivity index (χ4v) is 0.800. The maximum Gasteiger partial charge on any atom is 2.00 e. The first-order valence-electron chi connectivity index (χ1n) is 10.9. The van der Waals surface area contributed by atoms with Gasteiger partial charge >= 0.3 is 45.1 Å². The molecule has 3 amide bonds. The van der Waals surface area contributed by atoms with Crippen molar-refractivity contribution in [3.63, 3.8) is 0 Å². The Labute approximate surface area is 273 Å². The Hall–Kier alpha value is -1.81. The number of hydrogen-bond acceptors (Lipinski definition) is 14. The molecular formula is C20H46Co2F3N7O10S. The first kappa shape index (κ1) is 64.2. The minimum atomic E-state index is -6.09. The number of nitrogens with one attached hydrogen (secondary N) is 1. The van der Waals surface area contributed by atoms with E-state index in [1.807, 2.05) is 0 Å². The van der Waals surface area contributed by atoms with E-state index in [-0.39, 0.29) is 33.6 Å². The average Bonchev–Trinajstić information content (AvgIpc) is 2.69. The summed E-state index contributed by atoms with van der Waals surface area (Å²) in [7, 11) is 10.6. The molecule has 0 aliphatic heterocycles. The summed E-state index contributed by atoms with van der Waals surface area (Å²) in [6.07, 6.45) is 0. The number of carboxylic acid groups (broad SMARTS) is 2. The Bertz CT molecular complexity index is 694. The number of primary amides is 2. The van der Waals surface area contributed by atoms with Gasteiger partial charge in [0.15, 0.2) is 10.1 Å². The van der Waals surface area contributed by atoms with Crippen molar-refractivity contribution in [3.8, 4) is 0 Å².